The van der Waals surface area contributed by atoms with Gasteiger partial charge in [0.1, 0.15) is 5.82 Å². The van der Waals surface area contributed by atoms with Crippen LogP contribution in [0.1, 0.15) is 43.6 Å². The summed E-state index contributed by atoms with van der Waals surface area (Å²) < 4.78 is 25.2. The van der Waals surface area contributed by atoms with Crippen LogP contribution < -0.4 is 14.4 Å². The molecule has 0 N–H and O–H groups in total. The smallest absolute Gasteiger partial charge is 0.227 e. The Morgan fingerprint density at radius 2 is 1.89 bits per heavy atom. The van der Waals surface area contributed by atoms with Gasteiger partial charge in [0, 0.05) is 24.6 Å². The largest absolute Gasteiger partial charge is 0.493 e. The van der Waals surface area contributed by atoms with Crippen molar-refractivity contribution in [3.63, 3.8) is 0 Å². The van der Waals surface area contributed by atoms with Crippen LogP contribution in [-0.4, -0.2) is 25.7 Å². The number of ether oxygens (including phenoxy) is 2. The lowest BCUT2D eigenvalue weighted by atomic mass is 9.98. The molecule has 2 aromatic carbocycles. The van der Waals surface area contributed by atoms with Crippen LogP contribution in [0, 0.1) is 5.82 Å². The summed E-state index contributed by atoms with van der Waals surface area (Å²) in [7, 11) is 1.64. The second-order valence-electron chi connectivity index (χ2n) is 7.32. The van der Waals surface area contributed by atoms with Gasteiger partial charge in [-0.1, -0.05) is 12.1 Å². The molecule has 2 aromatic rings. The summed E-state index contributed by atoms with van der Waals surface area (Å²) in [6.07, 6.45) is 5.19. The molecule has 5 heteroatoms. The van der Waals surface area contributed by atoms with Crippen molar-refractivity contribution in [3.05, 3.63) is 53.8 Å². The van der Waals surface area contributed by atoms with Crippen LogP contribution in [0.2, 0.25) is 0 Å². The van der Waals surface area contributed by atoms with Crippen molar-refractivity contribution in [2.75, 3.05) is 18.6 Å². The number of rotatable bonds is 5. The lowest BCUT2D eigenvalue weighted by Gasteiger charge is -2.19. The standard InChI is InChI=1S/C22H24FNO3/c1-26-20-10-9-15(11-21(20)27-19-7-2-3-8-19)16-12-22(25)24(14-16)18-6-4-5-17(23)13-18/h4-6,9-11,13,16,19H,2-3,7-8,12,14H2,1H3/t16-/m1/s1. The van der Waals surface area contributed by atoms with Gasteiger partial charge in [0.2, 0.25) is 5.91 Å². The minimum atomic E-state index is -0.333. The summed E-state index contributed by atoms with van der Waals surface area (Å²) in [5, 5.41) is 0. The lowest BCUT2D eigenvalue weighted by molar-refractivity contribution is -0.117. The first-order valence-electron chi connectivity index (χ1n) is 9.54. The van der Waals surface area contributed by atoms with E-state index >= 15 is 0 Å². The molecule has 4 nitrogen and oxygen atoms in total. The molecule has 1 saturated carbocycles. The Morgan fingerprint density at radius 1 is 1.07 bits per heavy atom. The first-order chi connectivity index (χ1) is 13.1. The molecule has 1 atom stereocenters. The van der Waals surface area contributed by atoms with Crippen molar-refractivity contribution in [1.29, 1.82) is 0 Å². The van der Waals surface area contributed by atoms with Crippen molar-refractivity contribution in [3.8, 4) is 11.5 Å². The minimum Gasteiger partial charge on any atom is -0.493 e. The van der Waals surface area contributed by atoms with Gasteiger partial charge in [-0.3, -0.25) is 4.79 Å². The number of methoxy groups -OCH3 is 1. The Labute approximate surface area is 158 Å². The fraction of sp³-hybridized carbons (Fsp3) is 0.409. The van der Waals surface area contributed by atoms with Crippen LogP contribution in [0.25, 0.3) is 0 Å². The predicted molar refractivity (Wildman–Crippen MR) is 102 cm³/mol. The van der Waals surface area contributed by atoms with Crippen molar-refractivity contribution < 1.29 is 18.7 Å². The van der Waals surface area contributed by atoms with Gasteiger partial charge in [0.05, 0.1) is 13.2 Å². The monoisotopic (exact) mass is 369 g/mol. The van der Waals surface area contributed by atoms with Crippen LogP contribution >= 0.6 is 0 Å². The molecule has 0 unspecified atom stereocenters. The highest BCUT2D eigenvalue weighted by Crippen LogP contribution is 2.38. The highest BCUT2D eigenvalue weighted by Gasteiger charge is 2.32. The van der Waals surface area contributed by atoms with E-state index in [9.17, 15) is 9.18 Å². The number of halogens is 1. The van der Waals surface area contributed by atoms with Gasteiger partial charge < -0.3 is 14.4 Å². The Hall–Kier alpha value is -2.56. The SMILES string of the molecule is COc1ccc([C@@H]2CC(=O)N(c3cccc(F)c3)C2)cc1OC1CCCC1. The quantitative estimate of drug-likeness (QED) is 0.768. The number of anilines is 1. The van der Waals surface area contributed by atoms with Crippen LogP contribution in [0.15, 0.2) is 42.5 Å². The van der Waals surface area contributed by atoms with Crippen molar-refractivity contribution in [1.82, 2.24) is 0 Å². The van der Waals surface area contributed by atoms with Gasteiger partial charge in [-0.2, -0.15) is 0 Å². The van der Waals surface area contributed by atoms with Crippen molar-refractivity contribution in [2.45, 2.75) is 44.1 Å². The molecule has 0 radical (unpaired) electrons. The molecule has 1 heterocycles. The van der Waals surface area contributed by atoms with Gasteiger partial charge in [0.15, 0.2) is 11.5 Å². The summed E-state index contributed by atoms with van der Waals surface area (Å²) in [4.78, 5) is 14.2. The number of hydrogen-bond acceptors (Lipinski definition) is 3. The van der Waals surface area contributed by atoms with E-state index in [1.807, 2.05) is 18.2 Å². The summed E-state index contributed by atoms with van der Waals surface area (Å²) >= 11 is 0. The normalized spacial score (nSPS) is 20.3. The number of carbonyl (C=O) groups excluding carboxylic acids is 1. The first kappa shape index (κ1) is 17.8. The molecule has 1 amide bonds. The topological polar surface area (TPSA) is 38.8 Å². The van der Waals surface area contributed by atoms with Crippen LogP contribution in [0.5, 0.6) is 11.5 Å². The molecule has 1 saturated heterocycles. The molecular formula is C22H24FNO3. The zero-order valence-electron chi connectivity index (χ0n) is 15.5. The molecule has 142 valence electrons. The van der Waals surface area contributed by atoms with Gasteiger partial charge >= 0.3 is 0 Å². The molecule has 0 bridgehead atoms. The second-order valence-corrected chi connectivity index (χ2v) is 7.32. The maximum absolute atomic E-state index is 13.5. The predicted octanol–water partition coefficient (Wildman–Crippen LogP) is 4.68. The second kappa shape index (κ2) is 7.59. The summed E-state index contributed by atoms with van der Waals surface area (Å²) in [5.74, 6) is 1.20. The summed E-state index contributed by atoms with van der Waals surface area (Å²) in [6.45, 7) is 0.539. The third-order valence-electron chi connectivity index (χ3n) is 5.50. The highest BCUT2D eigenvalue weighted by atomic mass is 19.1. The molecule has 4 rings (SSSR count). The van der Waals surface area contributed by atoms with E-state index in [-0.39, 0.29) is 23.7 Å². The van der Waals surface area contributed by atoms with Gasteiger partial charge in [-0.05, 0) is 61.6 Å². The molecular weight excluding hydrogens is 345 g/mol. The zero-order chi connectivity index (χ0) is 18.8. The van der Waals surface area contributed by atoms with E-state index < -0.39 is 0 Å². The third-order valence-corrected chi connectivity index (χ3v) is 5.50. The Bertz CT molecular complexity index is 832. The molecule has 27 heavy (non-hydrogen) atoms. The fourth-order valence-corrected chi connectivity index (χ4v) is 4.05. The number of carbonyl (C=O) groups is 1. The molecule has 1 aliphatic heterocycles. The van der Waals surface area contributed by atoms with Gasteiger partial charge in [0.25, 0.3) is 0 Å². The van der Waals surface area contributed by atoms with E-state index in [0.717, 1.165) is 29.9 Å². The van der Waals surface area contributed by atoms with Crippen LogP contribution in [-0.2, 0) is 4.79 Å². The summed E-state index contributed by atoms with van der Waals surface area (Å²) in [6, 6.07) is 12.1. The average Bonchev–Trinajstić information content (AvgIpc) is 3.31. The lowest BCUT2D eigenvalue weighted by Crippen LogP contribution is -2.24. The Morgan fingerprint density at radius 3 is 2.63 bits per heavy atom. The number of nitrogens with zero attached hydrogens (tertiary/aromatic N) is 1. The Kier molecular flexibility index (Phi) is 5.01. The maximum atomic E-state index is 13.5. The highest BCUT2D eigenvalue weighted by molar-refractivity contribution is 5.96. The molecule has 2 aliphatic rings. The van der Waals surface area contributed by atoms with Crippen LogP contribution in [0.3, 0.4) is 0 Å². The van der Waals surface area contributed by atoms with E-state index in [1.54, 1.807) is 24.1 Å². The van der Waals surface area contributed by atoms with Crippen LogP contribution in [0.4, 0.5) is 10.1 Å². The Balaban J connectivity index is 1.55. The first-order valence-corrected chi connectivity index (χ1v) is 9.54. The van der Waals surface area contributed by atoms with E-state index in [2.05, 4.69) is 0 Å². The van der Waals surface area contributed by atoms with Crippen molar-refractivity contribution >= 4 is 11.6 Å². The number of amides is 1. The fourth-order valence-electron chi connectivity index (χ4n) is 4.05. The zero-order valence-corrected chi connectivity index (χ0v) is 15.5. The number of hydrogen-bond donors (Lipinski definition) is 0. The van der Waals surface area contributed by atoms with E-state index in [4.69, 9.17) is 9.47 Å². The third kappa shape index (κ3) is 3.77. The van der Waals surface area contributed by atoms with E-state index in [1.165, 1.54) is 25.0 Å². The van der Waals surface area contributed by atoms with Gasteiger partial charge in [-0.25, -0.2) is 4.39 Å². The molecule has 1 aliphatic carbocycles. The molecule has 0 aromatic heterocycles. The van der Waals surface area contributed by atoms with Crippen molar-refractivity contribution in [2.24, 2.45) is 0 Å². The molecule has 2 fully saturated rings. The van der Waals surface area contributed by atoms with E-state index in [0.29, 0.717) is 18.7 Å². The maximum Gasteiger partial charge on any atom is 0.227 e. The molecule has 0 spiro atoms. The average molecular weight is 369 g/mol. The summed E-state index contributed by atoms with van der Waals surface area (Å²) in [5.41, 5.74) is 1.66. The van der Waals surface area contributed by atoms with Gasteiger partial charge in [-0.15, -0.1) is 0 Å². The number of benzene rings is 2. The minimum absolute atomic E-state index is 0.0136.